The first-order valence-corrected chi connectivity index (χ1v) is 8.14. The number of benzene rings is 2. The molecular weight excluding hydrogens is 364 g/mol. The van der Waals surface area contributed by atoms with Crippen molar-refractivity contribution in [2.24, 2.45) is 4.99 Å². The van der Waals surface area contributed by atoms with Gasteiger partial charge in [0.1, 0.15) is 5.56 Å². The minimum absolute atomic E-state index is 0.152. The van der Waals surface area contributed by atoms with Crippen LogP contribution in [-0.2, 0) is 0 Å². The molecule has 0 unspecified atom stereocenters. The Labute approximate surface area is 156 Å². The summed E-state index contributed by atoms with van der Waals surface area (Å²) in [5, 5.41) is 23.0. The molecule has 0 aliphatic carbocycles. The fourth-order valence-electron chi connectivity index (χ4n) is 2.90. The van der Waals surface area contributed by atoms with Gasteiger partial charge in [0.2, 0.25) is 5.88 Å². The Morgan fingerprint density at radius 1 is 1.11 bits per heavy atom. The van der Waals surface area contributed by atoms with Crippen LogP contribution in [0.2, 0.25) is 0 Å². The molecule has 0 atom stereocenters. The third-order valence-electron chi connectivity index (χ3n) is 4.22. The van der Waals surface area contributed by atoms with E-state index in [1.165, 1.54) is 30.3 Å². The molecule has 4 rings (SSSR count). The van der Waals surface area contributed by atoms with E-state index in [-0.39, 0.29) is 16.9 Å². The minimum Gasteiger partial charge on any atom is -0.494 e. The SMILES string of the molecule is O=c1[nH]c(=O)n(-c2ccc([N+](=O)[O-])cc2)c(O)c1C=C1C=c2ccccc2=N1. The normalized spacial score (nSPS) is 13.6. The zero-order valence-electron chi connectivity index (χ0n) is 14.2. The molecule has 28 heavy (non-hydrogen) atoms. The van der Waals surface area contributed by atoms with Crippen molar-refractivity contribution in [3.8, 4) is 11.6 Å². The number of aromatic hydroxyl groups is 1. The third-order valence-corrected chi connectivity index (χ3v) is 4.22. The lowest BCUT2D eigenvalue weighted by atomic mass is 10.2. The molecule has 0 saturated carbocycles. The van der Waals surface area contributed by atoms with Crippen LogP contribution >= 0.6 is 0 Å². The summed E-state index contributed by atoms with van der Waals surface area (Å²) in [6.07, 6.45) is 3.12. The number of non-ortho nitro benzene ring substituents is 1. The summed E-state index contributed by atoms with van der Waals surface area (Å²) in [5.41, 5.74) is -1.35. The van der Waals surface area contributed by atoms with E-state index < -0.39 is 22.1 Å². The fourth-order valence-corrected chi connectivity index (χ4v) is 2.90. The number of fused-ring (bicyclic) bond motifs is 1. The molecule has 1 aliphatic heterocycles. The summed E-state index contributed by atoms with van der Waals surface area (Å²) in [4.78, 5) is 41.1. The van der Waals surface area contributed by atoms with Gasteiger partial charge < -0.3 is 5.11 Å². The zero-order valence-corrected chi connectivity index (χ0v) is 14.2. The summed E-state index contributed by atoms with van der Waals surface area (Å²) in [6, 6.07) is 12.4. The van der Waals surface area contributed by atoms with Crippen LogP contribution in [0.3, 0.4) is 0 Å². The molecule has 0 radical (unpaired) electrons. The van der Waals surface area contributed by atoms with Gasteiger partial charge in [0.05, 0.1) is 21.7 Å². The Morgan fingerprint density at radius 3 is 2.50 bits per heavy atom. The maximum atomic E-state index is 12.2. The van der Waals surface area contributed by atoms with E-state index in [2.05, 4.69) is 9.98 Å². The molecule has 0 bridgehead atoms. The standard InChI is InChI=1S/C19H12N4O5/c24-17-15(10-12-9-11-3-1-2-4-16(11)20-12)18(25)22(19(26)21-17)13-5-7-14(8-6-13)23(27)28/h1-10,25H,(H,21,24,26). The van der Waals surface area contributed by atoms with Gasteiger partial charge in [0.25, 0.3) is 11.2 Å². The predicted octanol–water partition coefficient (Wildman–Crippen LogP) is 0.594. The lowest BCUT2D eigenvalue weighted by molar-refractivity contribution is -0.384. The molecule has 0 amide bonds. The number of nitro benzene ring substituents is 1. The molecule has 2 heterocycles. The van der Waals surface area contributed by atoms with Crippen molar-refractivity contribution in [1.82, 2.24) is 9.55 Å². The van der Waals surface area contributed by atoms with Crippen LogP contribution in [0.1, 0.15) is 5.56 Å². The molecule has 0 saturated heterocycles. The summed E-state index contributed by atoms with van der Waals surface area (Å²) in [5.74, 6) is -0.588. The quantitative estimate of drug-likeness (QED) is 0.510. The lowest BCUT2D eigenvalue weighted by Gasteiger charge is -2.09. The van der Waals surface area contributed by atoms with Gasteiger partial charge in [0, 0.05) is 17.4 Å². The molecule has 0 spiro atoms. The molecule has 0 fully saturated rings. The predicted molar refractivity (Wildman–Crippen MR) is 101 cm³/mol. The highest BCUT2D eigenvalue weighted by atomic mass is 16.6. The first-order valence-electron chi connectivity index (χ1n) is 8.14. The molecule has 1 aliphatic rings. The second-order valence-corrected chi connectivity index (χ2v) is 5.99. The summed E-state index contributed by atoms with van der Waals surface area (Å²) in [7, 11) is 0. The number of aromatic nitrogens is 2. The van der Waals surface area contributed by atoms with Crippen molar-refractivity contribution in [2.45, 2.75) is 0 Å². The Kier molecular flexibility index (Phi) is 3.96. The zero-order chi connectivity index (χ0) is 19.8. The number of allylic oxidation sites excluding steroid dienone is 1. The first kappa shape index (κ1) is 17.2. The molecule has 2 N–H and O–H groups in total. The molecule has 3 aromatic rings. The first-order chi connectivity index (χ1) is 13.4. The molecular formula is C19H12N4O5. The maximum absolute atomic E-state index is 12.2. The van der Waals surface area contributed by atoms with Crippen LogP contribution in [0.4, 0.5) is 5.69 Å². The number of rotatable bonds is 3. The lowest BCUT2D eigenvalue weighted by Crippen LogP contribution is -2.30. The molecule has 138 valence electrons. The number of hydrogen-bond donors (Lipinski definition) is 2. The van der Waals surface area contributed by atoms with E-state index in [4.69, 9.17) is 0 Å². The van der Waals surface area contributed by atoms with Crippen molar-refractivity contribution in [3.05, 3.63) is 101 Å². The van der Waals surface area contributed by atoms with Crippen LogP contribution < -0.4 is 21.8 Å². The molecule has 9 heteroatoms. The van der Waals surface area contributed by atoms with Gasteiger partial charge in [-0.15, -0.1) is 0 Å². The number of para-hydroxylation sites is 1. The Morgan fingerprint density at radius 2 is 1.82 bits per heavy atom. The Bertz CT molecular complexity index is 1340. The van der Waals surface area contributed by atoms with Crippen molar-refractivity contribution in [1.29, 1.82) is 0 Å². The summed E-state index contributed by atoms with van der Waals surface area (Å²) < 4.78 is 0.861. The van der Waals surface area contributed by atoms with Crippen LogP contribution in [0.25, 0.3) is 17.8 Å². The van der Waals surface area contributed by atoms with E-state index in [1.54, 1.807) is 6.08 Å². The Hall–Kier alpha value is -4.27. The molecule has 9 nitrogen and oxygen atoms in total. The van der Waals surface area contributed by atoms with Crippen LogP contribution in [0, 0.1) is 10.1 Å². The molecule has 1 aromatic heterocycles. The number of nitrogens with zero attached hydrogens (tertiary/aromatic N) is 3. The fraction of sp³-hybridized carbons (Fsp3) is 0. The second-order valence-electron chi connectivity index (χ2n) is 5.99. The highest BCUT2D eigenvalue weighted by molar-refractivity contribution is 5.67. The second kappa shape index (κ2) is 6.47. The topological polar surface area (TPSA) is 131 Å². The van der Waals surface area contributed by atoms with Crippen LogP contribution in [0.5, 0.6) is 5.88 Å². The maximum Gasteiger partial charge on any atom is 0.335 e. The van der Waals surface area contributed by atoms with Gasteiger partial charge in [-0.25, -0.2) is 14.4 Å². The van der Waals surface area contributed by atoms with Crippen molar-refractivity contribution >= 4 is 17.8 Å². The average molecular weight is 376 g/mol. The number of nitrogens with one attached hydrogen (secondary N) is 1. The molecule has 2 aromatic carbocycles. The minimum atomic E-state index is -0.867. The van der Waals surface area contributed by atoms with E-state index in [0.29, 0.717) is 5.70 Å². The van der Waals surface area contributed by atoms with Crippen molar-refractivity contribution in [2.75, 3.05) is 0 Å². The number of aromatic amines is 1. The highest BCUT2D eigenvalue weighted by Crippen LogP contribution is 2.21. The van der Waals surface area contributed by atoms with Gasteiger partial charge in [-0.05, 0) is 30.4 Å². The van der Waals surface area contributed by atoms with E-state index in [9.17, 15) is 24.8 Å². The van der Waals surface area contributed by atoms with Gasteiger partial charge in [-0.2, -0.15) is 0 Å². The third kappa shape index (κ3) is 2.90. The number of nitro groups is 1. The van der Waals surface area contributed by atoms with Gasteiger partial charge in [0.15, 0.2) is 0 Å². The van der Waals surface area contributed by atoms with Gasteiger partial charge >= 0.3 is 5.69 Å². The Balaban J connectivity index is 1.87. The van der Waals surface area contributed by atoms with Crippen LogP contribution in [-0.4, -0.2) is 19.6 Å². The van der Waals surface area contributed by atoms with E-state index >= 15 is 0 Å². The van der Waals surface area contributed by atoms with Crippen molar-refractivity contribution in [3.63, 3.8) is 0 Å². The van der Waals surface area contributed by atoms with Gasteiger partial charge in [-0.1, -0.05) is 18.2 Å². The number of H-pyrrole nitrogens is 1. The largest absolute Gasteiger partial charge is 0.494 e. The van der Waals surface area contributed by atoms with E-state index in [1.807, 2.05) is 24.3 Å². The highest BCUT2D eigenvalue weighted by Gasteiger charge is 2.16. The smallest absolute Gasteiger partial charge is 0.335 e. The monoisotopic (exact) mass is 376 g/mol. The summed E-state index contributed by atoms with van der Waals surface area (Å²) in [6.45, 7) is 0. The van der Waals surface area contributed by atoms with Crippen molar-refractivity contribution < 1.29 is 10.0 Å². The van der Waals surface area contributed by atoms with E-state index in [0.717, 1.165) is 15.1 Å². The average Bonchev–Trinajstić information content (AvgIpc) is 3.08. The number of hydrogen-bond acceptors (Lipinski definition) is 6. The van der Waals surface area contributed by atoms with Crippen LogP contribution in [0.15, 0.2) is 68.8 Å². The summed E-state index contributed by atoms with van der Waals surface area (Å²) >= 11 is 0. The van der Waals surface area contributed by atoms with Gasteiger partial charge in [-0.3, -0.25) is 19.9 Å².